The highest BCUT2D eigenvalue weighted by Gasteiger charge is 2.51. The van der Waals surface area contributed by atoms with Crippen molar-refractivity contribution in [2.24, 2.45) is 10.5 Å². The molecule has 4 saturated heterocycles. The zero-order valence-corrected chi connectivity index (χ0v) is 16.4. The van der Waals surface area contributed by atoms with Crippen molar-refractivity contribution in [3.8, 4) is 0 Å². The third-order valence-corrected chi connectivity index (χ3v) is 5.94. The topological polar surface area (TPSA) is 94.3 Å². The predicted octanol–water partition coefficient (Wildman–Crippen LogP) is 1.53. The number of hydrogen-bond donors (Lipinski definition) is 1. The fraction of sp³-hybridized carbons (Fsp3) is 0.333. The minimum Gasteiger partial charge on any atom is -0.276 e. The zero-order valence-electron chi connectivity index (χ0n) is 16.4. The number of non-ortho nitro benzene ring substituents is 1. The van der Waals surface area contributed by atoms with Crippen LogP contribution in [0.2, 0.25) is 0 Å². The van der Waals surface area contributed by atoms with E-state index >= 15 is 0 Å². The van der Waals surface area contributed by atoms with Crippen LogP contribution in [0.5, 0.6) is 0 Å². The first-order valence-electron chi connectivity index (χ1n) is 9.88. The maximum Gasteiger partial charge on any atom is 0.271 e. The quantitative estimate of drug-likeness (QED) is 0.460. The van der Waals surface area contributed by atoms with Gasteiger partial charge in [-0.25, -0.2) is 5.43 Å². The minimum atomic E-state index is -0.486. The Kier molecular flexibility index (Phi) is 4.58. The molecule has 9 heteroatoms. The number of benzene rings is 2. The molecule has 2 aromatic carbocycles. The van der Waals surface area contributed by atoms with Crippen molar-refractivity contribution in [3.63, 3.8) is 0 Å². The Bertz CT molecular complexity index is 970. The number of carbonyl (C=O) groups is 1. The van der Waals surface area contributed by atoms with Crippen LogP contribution < -0.4 is 5.43 Å². The Morgan fingerprint density at radius 1 is 0.900 bits per heavy atom. The second kappa shape index (κ2) is 7.28. The van der Waals surface area contributed by atoms with Crippen molar-refractivity contribution < 1.29 is 9.72 Å². The van der Waals surface area contributed by atoms with Gasteiger partial charge >= 0.3 is 0 Å². The third kappa shape index (κ3) is 3.36. The average molecular weight is 406 g/mol. The van der Waals surface area contributed by atoms with Crippen molar-refractivity contribution in [2.75, 3.05) is 39.6 Å². The molecule has 2 aromatic rings. The van der Waals surface area contributed by atoms with Crippen LogP contribution in [0.3, 0.4) is 0 Å². The molecule has 0 aromatic heterocycles. The van der Waals surface area contributed by atoms with E-state index in [0.29, 0.717) is 5.56 Å². The number of nitrogens with zero attached hydrogens (tertiary/aromatic N) is 5. The van der Waals surface area contributed by atoms with E-state index in [9.17, 15) is 14.9 Å². The molecule has 154 valence electrons. The van der Waals surface area contributed by atoms with E-state index < -0.39 is 4.92 Å². The minimum absolute atomic E-state index is 0.0502. The first-order chi connectivity index (χ1) is 14.5. The SMILES string of the molecule is O=C(NN=C(c1ccccc1)C12CN3CN(CN(C3)C1)C2)c1ccc([N+](=O)[O-])cc1. The van der Waals surface area contributed by atoms with Crippen LogP contribution in [0.15, 0.2) is 59.7 Å². The summed E-state index contributed by atoms with van der Waals surface area (Å²) in [6.07, 6.45) is 0. The van der Waals surface area contributed by atoms with E-state index in [4.69, 9.17) is 0 Å². The van der Waals surface area contributed by atoms with E-state index in [0.717, 1.165) is 50.9 Å². The number of hydrogen-bond acceptors (Lipinski definition) is 7. The van der Waals surface area contributed by atoms with E-state index in [-0.39, 0.29) is 17.0 Å². The van der Waals surface area contributed by atoms with Crippen LogP contribution in [0, 0.1) is 15.5 Å². The molecule has 0 saturated carbocycles. The second-order valence-corrected chi connectivity index (χ2v) is 8.26. The lowest BCUT2D eigenvalue weighted by molar-refractivity contribution is -0.384. The molecule has 0 atom stereocenters. The monoisotopic (exact) mass is 406 g/mol. The van der Waals surface area contributed by atoms with Gasteiger partial charge in [-0.2, -0.15) is 5.10 Å². The van der Waals surface area contributed by atoms with Crippen LogP contribution in [-0.2, 0) is 0 Å². The Balaban J connectivity index is 1.45. The normalized spacial score (nSPS) is 29.6. The van der Waals surface area contributed by atoms with Crippen LogP contribution >= 0.6 is 0 Å². The van der Waals surface area contributed by atoms with Gasteiger partial charge in [0.1, 0.15) is 0 Å². The van der Waals surface area contributed by atoms with Gasteiger partial charge in [0.25, 0.3) is 11.6 Å². The summed E-state index contributed by atoms with van der Waals surface area (Å²) in [7, 11) is 0. The highest BCUT2D eigenvalue weighted by molar-refractivity contribution is 6.06. The number of amides is 1. The molecule has 4 heterocycles. The number of carbonyl (C=O) groups excluding carboxylic acids is 1. The molecule has 1 N–H and O–H groups in total. The van der Waals surface area contributed by atoms with Gasteiger partial charge < -0.3 is 0 Å². The summed E-state index contributed by atoms with van der Waals surface area (Å²) >= 11 is 0. The maximum absolute atomic E-state index is 12.7. The summed E-state index contributed by atoms with van der Waals surface area (Å²) in [5.41, 5.74) is 4.66. The van der Waals surface area contributed by atoms with Gasteiger partial charge in [0, 0.05) is 37.3 Å². The standard InChI is InChI=1S/C21H22N6O3/c28-20(17-6-8-18(9-7-17)27(29)30)23-22-19(16-4-2-1-3-5-16)21-10-24-13-25(11-21)15-26(12-21)14-24/h1-9H,10-15H2,(H,23,28). The van der Waals surface area contributed by atoms with Gasteiger partial charge in [-0.05, 0) is 17.7 Å². The molecule has 4 bridgehead atoms. The average Bonchev–Trinajstić information content (AvgIpc) is 2.73. The summed E-state index contributed by atoms with van der Waals surface area (Å²) in [5.74, 6) is -0.385. The number of hydrazone groups is 1. The Labute approximate surface area is 173 Å². The molecule has 4 aliphatic rings. The van der Waals surface area contributed by atoms with Crippen molar-refractivity contribution in [2.45, 2.75) is 0 Å². The molecule has 4 aliphatic heterocycles. The fourth-order valence-electron chi connectivity index (χ4n) is 4.93. The van der Waals surface area contributed by atoms with E-state index in [1.54, 1.807) is 0 Å². The largest absolute Gasteiger partial charge is 0.276 e. The molecule has 4 fully saturated rings. The van der Waals surface area contributed by atoms with Gasteiger partial charge in [-0.3, -0.25) is 29.6 Å². The summed E-state index contributed by atoms with van der Waals surface area (Å²) in [5, 5.41) is 15.5. The number of rotatable bonds is 5. The predicted molar refractivity (Wildman–Crippen MR) is 111 cm³/mol. The second-order valence-electron chi connectivity index (χ2n) is 8.26. The van der Waals surface area contributed by atoms with E-state index in [1.165, 1.54) is 24.3 Å². The van der Waals surface area contributed by atoms with Crippen molar-refractivity contribution in [1.29, 1.82) is 0 Å². The molecule has 0 unspecified atom stereocenters. The Morgan fingerprint density at radius 2 is 1.47 bits per heavy atom. The molecule has 30 heavy (non-hydrogen) atoms. The lowest BCUT2D eigenvalue weighted by Gasteiger charge is -2.60. The van der Waals surface area contributed by atoms with E-state index in [2.05, 4.69) is 25.2 Å². The molecule has 0 aliphatic carbocycles. The molecule has 0 spiro atoms. The summed E-state index contributed by atoms with van der Waals surface area (Å²) in [6.45, 7) is 5.61. The maximum atomic E-state index is 12.7. The first-order valence-corrected chi connectivity index (χ1v) is 9.88. The van der Waals surface area contributed by atoms with Gasteiger partial charge in [-0.15, -0.1) is 0 Å². The van der Waals surface area contributed by atoms with Crippen molar-refractivity contribution in [3.05, 3.63) is 75.8 Å². The Hall–Kier alpha value is -3.14. The molecular weight excluding hydrogens is 384 g/mol. The number of nitro groups is 1. The highest BCUT2D eigenvalue weighted by Crippen LogP contribution is 2.38. The summed E-state index contributed by atoms with van der Waals surface area (Å²) < 4.78 is 0. The van der Waals surface area contributed by atoms with Gasteiger partial charge in [0.2, 0.25) is 0 Å². The van der Waals surface area contributed by atoms with Crippen LogP contribution in [-0.4, -0.2) is 70.9 Å². The Morgan fingerprint density at radius 3 is 2.00 bits per heavy atom. The van der Waals surface area contributed by atoms with E-state index in [1.807, 2.05) is 30.3 Å². The summed E-state index contributed by atoms with van der Waals surface area (Å²) in [6, 6.07) is 15.5. The molecule has 9 nitrogen and oxygen atoms in total. The third-order valence-electron chi connectivity index (χ3n) is 5.94. The first kappa shape index (κ1) is 18.9. The molecule has 0 radical (unpaired) electrons. The molecule has 1 amide bonds. The number of nitrogens with one attached hydrogen (secondary N) is 1. The molecule has 6 rings (SSSR count). The van der Waals surface area contributed by atoms with Gasteiger partial charge in [0.05, 0.1) is 36.1 Å². The van der Waals surface area contributed by atoms with Crippen LogP contribution in [0.25, 0.3) is 0 Å². The van der Waals surface area contributed by atoms with Crippen molar-refractivity contribution >= 4 is 17.3 Å². The summed E-state index contributed by atoms with van der Waals surface area (Å²) in [4.78, 5) is 30.2. The van der Waals surface area contributed by atoms with Crippen molar-refractivity contribution in [1.82, 2.24) is 20.1 Å². The van der Waals surface area contributed by atoms with Gasteiger partial charge in [0.15, 0.2) is 0 Å². The lowest BCUT2D eigenvalue weighted by Crippen LogP contribution is -2.74. The highest BCUT2D eigenvalue weighted by atomic mass is 16.6. The van der Waals surface area contributed by atoms with Crippen LogP contribution in [0.1, 0.15) is 15.9 Å². The van der Waals surface area contributed by atoms with Gasteiger partial charge in [-0.1, -0.05) is 30.3 Å². The number of nitro benzene ring substituents is 1. The molecular formula is C21H22N6O3. The zero-order chi connectivity index (χ0) is 20.7. The van der Waals surface area contributed by atoms with Crippen LogP contribution in [0.4, 0.5) is 5.69 Å². The lowest BCUT2D eigenvalue weighted by atomic mass is 9.74. The fourth-order valence-corrected chi connectivity index (χ4v) is 4.93. The smallest absolute Gasteiger partial charge is 0.271 e.